The molecule has 0 aliphatic heterocycles. The highest BCUT2D eigenvalue weighted by Gasteiger charge is 2.18. The Morgan fingerprint density at radius 1 is 0.941 bits per heavy atom. The van der Waals surface area contributed by atoms with Gasteiger partial charge in [-0.1, -0.05) is 17.7 Å². The first-order valence-corrected chi connectivity index (χ1v) is 6.84. The van der Waals surface area contributed by atoms with E-state index >= 15 is 0 Å². The van der Waals surface area contributed by atoms with Crippen LogP contribution < -0.4 is 0 Å². The van der Waals surface area contributed by atoms with Crippen molar-refractivity contribution in [2.45, 2.75) is 25.7 Å². The summed E-state index contributed by atoms with van der Waals surface area (Å²) in [4.78, 5) is 0.321. The first-order valence-electron chi connectivity index (χ1n) is 5.40. The number of benzene rings is 1. The molecule has 0 spiro atoms. The molecule has 1 aromatic carbocycles. The van der Waals surface area contributed by atoms with Crippen LogP contribution in [0.2, 0.25) is 0 Å². The van der Waals surface area contributed by atoms with E-state index in [-0.39, 0.29) is 0 Å². The Labute approximate surface area is 102 Å². The van der Waals surface area contributed by atoms with E-state index in [0.29, 0.717) is 4.90 Å². The molecule has 0 amide bonds. The van der Waals surface area contributed by atoms with E-state index in [1.807, 2.05) is 13.8 Å². The molecule has 0 fully saturated rings. The summed E-state index contributed by atoms with van der Waals surface area (Å²) in [6.07, 6.45) is 1.60. The third-order valence-corrected chi connectivity index (χ3v) is 4.72. The Morgan fingerprint density at radius 2 is 1.53 bits per heavy atom. The molecule has 90 valence electrons. The van der Waals surface area contributed by atoms with Crippen LogP contribution in [-0.4, -0.2) is 12.4 Å². The maximum Gasteiger partial charge on any atom is 0.267 e. The van der Waals surface area contributed by atoms with E-state index in [4.69, 9.17) is 0 Å². The van der Waals surface area contributed by atoms with Crippen molar-refractivity contribution in [3.63, 3.8) is 0 Å². The zero-order chi connectivity index (χ0) is 12.6. The molecule has 0 aliphatic carbocycles. The average Bonchev–Trinajstić information content (AvgIpc) is 2.61. The zero-order valence-electron chi connectivity index (χ0n) is 10.1. The van der Waals surface area contributed by atoms with Crippen LogP contribution >= 0.6 is 0 Å². The summed E-state index contributed by atoms with van der Waals surface area (Å²) >= 11 is 0. The fourth-order valence-electron chi connectivity index (χ4n) is 1.67. The Kier molecular flexibility index (Phi) is 2.83. The van der Waals surface area contributed by atoms with Gasteiger partial charge in [-0.05, 0) is 44.5 Å². The van der Waals surface area contributed by atoms with Crippen LogP contribution in [0.25, 0.3) is 0 Å². The van der Waals surface area contributed by atoms with E-state index in [9.17, 15) is 8.42 Å². The van der Waals surface area contributed by atoms with Crippen molar-refractivity contribution in [3.8, 4) is 0 Å². The van der Waals surface area contributed by atoms with Gasteiger partial charge in [0, 0.05) is 11.9 Å². The maximum atomic E-state index is 12.3. The van der Waals surface area contributed by atoms with Gasteiger partial charge >= 0.3 is 0 Å². The van der Waals surface area contributed by atoms with Gasteiger partial charge in [-0.3, -0.25) is 0 Å². The van der Waals surface area contributed by atoms with E-state index in [1.165, 1.54) is 3.97 Å². The lowest BCUT2D eigenvalue weighted by Gasteiger charge is -2.08. The molecule has 2 rings (SSSR count). The number of rotatable bonds is 2. The first-order chi connectivity index (χ1) is 7.93. The van der Waals surface area contributed by atoms with Gasteiger partial charge in [-0.25, -0.2) is 12.4 Å². The normalized spacial score (nSPS) is 11.7. The highest BCUT2D eigenvalue weighted by molar-refractivity contribution is 7.90. The van der Waals surface area contributed by atoms with Gasteiger partial charge in [0.25, 0.3) is 10.0 Å². The lowest BCUT2D eigenvalue weighted by atomic mass is 10.2. The van der Waals surface area contributed by atoms with E-state index in [2.05, 4.69) is 0 Å². The van der Waals surface area contributed by atoms with Crippen LogP contribution in [0.4, 0.5) is 0 Å². The molecular weight excluding hydrogens is 234 g/mol. The highest BCUT2D eigenvalue weighted by atomic mass is 32.2. The summed E-state index contributed by atoms with van der Waals surface area (Å²) < 4.78 is 26.0. The van der Waals surface area contributed by atoms with Crippen LogP contribution in [0.3, 0.4) is 0 Å². The largest absolute Gasteiger partial charge is 0.267 e. The highest BCUT2D eigenvalue weighted by Crippen LogP contribution is 2.18. The molecule has 0 atom stereocenters. The molecule has 0 aliphatic rings. The number of hydrogen-bond donors (Lipinski definition) is 0. The molecule has 1 heterocycles. The Bertz CT molecular complexity index is 637. The van der Waals surface area contributed by atoms with Crippen molar-refractivity contribution < 1.29 is 8.42 Å². The lowest BCUT2D eigenvalue weighted by Crippen LogP contribution is -2.13. The molecule has 4 heteroatoms. The standard InChI is InChI=1S/C13H15NO2S/c1-10-4-6-13(7-5-10)17(15,16)14-9-8-11(2)12(14)3/h4-9H,1-3H3. The Hall–Kier alpha value is -1.55. The first kappa shape index (κ1) is 11.9. The minimum absolute atomic E-state index is 0.321. The molecule has 0 bridgehead atoms. The van der Waals surface area contributed by atoms with E-state index in [1.54, 1.807) is 43.5 Å². The van der Waals surface area contributed by atoms with Gasteiger partial charge in [0.05, 0.1) is 4.90 Å². The minimum Gasteiger partial charge on any atom is -0.246 e. The van der Waals surface area contributed by atoms with Crippen LogP contribution in [0.15, 0.2) is 41.4 Å². The van der Waals surface area contributed by atoms with Gasteiger partial charge in [-0.2, -0.15) is 0 Å². The minimum atomic E-state index is -3.45. The Morgan fingerprint density at radius 3 is 2.00 bits per heavy atom. The van der Waals surface area contributed by atoms with Crippen molar-refractivity contribution in [2.75, 3.05) is 0 Å². The van der Waals surface area contributed by atoms with Crippen LogP contribution in [0.1, 0.15) is 16.8 Å². The summed E-state index contributed by atoms with van der Waals surface area (Å²) in [5, 5.41) is 0. The molecule has 3 nitrogen and oxygen atoms in total. The molecule has 0 radical (unpaired) electrons. The van der Waals surface area contributed by atoms with Crippen molar-refractivity contribution in [2.24, 2.45) is 0 Å². The smallest absolute Gasteiger partial charge is 0.246 e. The fraction of sp³-hybridized carbons (Fsp3) is 0.231. The van der Waals surface area contributed by atoms with Crippen LogP contribution in [0, 0.1) is 20.8 Å². The molecule has 0 saturated heterocycles. The van der Waals surface area contributed by atoms with Gasteiger partial charge in [0.15, 0.2) is 0 Å². The van der Waals surface area contributed by atoms with Gasteiger partial charge in [0.2, 0.25) is 0 Å². The zero-order valence-corrected chi connectivity index (χ0v) is 11.0. The Balaban J connectivity index is 2.58. The van der Waals surface area contributed by atoms with Crippen LogP contribution in [-0.2, 0) is 10.0 Å². The van der Waals surface area contributed by atoms with Crippen LogP contribution in [0.5, 0.6) is 0 Å². The van der Waals surface area contributed by atoms with E-state index < -0.39 is 10.0 Å². The fourth-order valence-corrected chi connectivity index (χ4v) is 3.10. The lowest BCUT2D eigenvalue weighted by molar-refractivity contribution is 0.586. The summed E-state index contributed by atoms with van der Waals surface area (Å²) in [5.74, 6) is 0. The van der Waals surface area contributed by atoms with Crippen molar-refractivity contribution in [1.82, 2.24) is 3.97 Å². The predicted molar refractivity (Wildman–Crippen MR) is 67.7 cm³/mol. The number of hydrogen-bond acceptors (Lipinski definition) is 2. The molecule has 0 N–H and O–H groups in total. The number of nitrogens with zero attached hydrogens (tertiary/aromatic N) is 1. The second-order valence-corrected chi connectivity index (χ2v) is 6.01. The maximum absolute atomic E-state index is 12.3. The van der Waals surface area contributed by atoms with Gasteiger partial charge < -0.3 is 0 Å². The van der Waals surface area contributed by atoms with Crippen molar-refractivity contribution >= 4 is 10.0 Å². The predicted octanol–water partition coefficient (Wildman–Crippen LogP) is 2.65. The molecule has 2 aromatic rings. The third-order valence-electron chi connectivity index (χ3n) is 2.94. The topological polar surface area (TPSA) is 39.1 Å². The summed E-state index contributed by atoms with van der Waals surface area (Å²) in [6.45, 7) is 5.64. The molecule has 0 saturated carbocycles. The van der Waals surface area contributed by atoms with Gasteiger partial charge in [-0.15, -0.1) is 0 Å². The summed E-state index contributed by atoms with van der Waals surface area (Å²) in [5.41, 5.74) is 2.77. The van der Waals surface area contributed by atoms with Crippen molar-refractivity contribution in [3.05, 3.63) is 53.3 Å². The second kappa shape index (κ2) is 4.04. The molecular formula is C13H15NO2S. The third kappa shape index (κ3) is 2.00. The molecule has 1 aromatic heterocycles. The van der Waals surface area contributed by atoms with Gasteiger partial charge in [0.1, 0.15) is 0 Å². The summed E-state index contributed by atoms with van der Waals surface area (Å²) in [6, 6.07) is 8.69. The molecule has 17 heavy (non-hydrogen) atoms. The monoisotopic (exact) mass is 249 g/mol. The summed E-state index contributed by atoms with van der Waals surface area (Å²) in [7, 11) is -3.45. The second-order valence-electron chi connectivity index (χ2n) is 4.20. The number of aromatic nitrogens is 1. The van der Waals surface area contributed by atoms with Crippen molar-refractivity contribution in [1.29, 1.82) is 0 Å². The molecule has 0 unspecified atom stereocenters. The van der Waals surface area contributed by atoms with E-state index in [0.717, 1.165) is 16.8 Å². The average molecular weight is 249 g/mol. The quantitative estimate of drug-likeness (QED) is 0.820. The number of aryl methyl sites for hydroxylation is 2. The SMILES string of the molecule is Cc1ccc(S(=O)(=O)n2ccc(C)c2C)cc1.